The molecule has 0 rings (SSSR count). The fraction of sp³-hybridized carbons (Fsp3) is 0.800. The number of nitrogens with one attached hydrogen (secondary N) is 1. The number of hydrogen-bond donors (Lipinski definition) is 3. The predicted molar refractivity (Wildman–Crippen MR) is 184 cm³/mol. The number of allylic oxidation sites excluding steroid dienone is 5. The number of quaternary nitrogens is 1. The van der Waals surface area contributed by atoms with Gasteiger partial charge in [0.1, 0.15) is 13.2 Å². The van der Waals surface area contributed by atoms with E-state index >= 15 is 0 Å². The number of hydrogen-bond acceptors (Lipinski definition) is 5. The number of rotatable bonds is 30. The first kappa shape index (κ1) is 42.7. The molecule has 3 atom stereocenters. The zero-order valence-electron chi connectivity index (χ0n) is 28.9. The smallest absolute Gasteiger partial charge is 0.387 e. The minimum Gasteiger partial charge on any atom is -0.387 e. The summed E-state index contributed by atoms with van der Waals surface area (Å²) >= 11 is 0. The van der Waals surface area contributed by atoms with Gasteiger partial charge in [0.2, 0.25) is 5.91 Å². The minimum atomic E-state index is -4.31. The summed E-state index contributed by atoms with van der Waals surface area (Å²) in [6.07, 6.45) is 31.2. The van der Waals surface area contributed by atoms with Crippen molar-refractivity contribution in [2.24, 2.45) is 0 Å². The van der Waals surface area contributed by atoms with Crippen LogP contribution in [0.5, 0.6) is 0 Å². The van der Waals surface area contributed by atoms with E-state index in [9.17, 15) is 19.4 Å². The molecule has 9 heteroatoms. The maximum absolute atomic E-state index is 12.6. The SMILES string of the molecule is CCCC/C=C/C(O)C(COP(=O)(O)OCC[N+](C)(C)C)NC(=O)CCCCCCCCC/C=C\C/C=C\CCCCCC. The van der Waals surface area contributed by atoms with Crippen LogP contribution in [0.4, 0.5) is 0 Å². The Labute approximate surface area is 270 Å². The molecule has 0 spiro atoms. The van der Waals surface area contributed by atoms with E-state index in [4.69, 9.17) is 9.05 Å². The van der Waals surface area contributed by atoms with Gasteiger partial charge in [0.15, 0.2) is 0 Å². The molecule has 3 unspecified atom stereocenters. The number of amides is 1. The number of phosphoric acid groups is 1. The number of likely N-dealkylation sites (N-methyl/N-ethyl adjacent to an activating group) is 1. The van der Waals surface area contributed by atoms with Gasteiger partial charge in [-0.2, -0.15) is 0 Å². The molecule has 44 heavy (non-hydrogen) atoms. The summed E-state index contributed by atoms with van der Waals surface area (Å²) < 4.78 is 23.2. The number of nitrogens with zero attached hydrogens (tertiary/aromatic N) is 1. The number of unbranched alkanes of at least 4 members (excludes halogenated alkanes) is 13. The molecule has 0 fully saturated rings. The lowest BCUT2D eigenvalue weighted by molar-refractivity contribution is -0.870. The van der Waals surface area contributed by atoms with Crippen molar-refractivity contribution < 1.29 is 32.9 Å². The Balaban J connectivity index is 4.25. The number of phosphoric ester groups is 1. The maximum atomic E-state index is 12.6. The molecule has 3 N–H and O–H groups in total. The summed E-state index contributed by atoms with van der Waals surface area (Å²) in [5.41, 5.74) is 0. The Hall–Kier alpha value is -1.28. The van der Waals surface area contributed by atoms with E-state index < -0.39 is 20.0 Å². The van der Waals surface area contributed by atoms with Crippen molar-refractivity contribution in [1.82, 2.24) is 5.32 Å². The first-order valence-corrected chi connectivity index (χ1v) is 18.9. The normalized spacial score (nSPS) is 15.3. The lowest BCUT2D eigenvalue weighted by Crippen LogP contribution is -2.45. The maximum Gasteiger partial charge on any atom is 0.472 e. The van der Waals surface area contributed by atoms with E-state index in [2.05, 4.69) is 43.5 Å². The van der Waals surface area contributed by atoms with Gasteiger partial charge in [0, 0.05) is 6.42 Å². The average Bonchev–Trinajstić information content (AvgIpc) is 2.96. The fourth-order valence-electron chi connectivity index (χ4n) is 4.47. The highest BCUT2D eigenvalue weighted by Crippen LogP contribution is 2.43. The van der Waals surface area contributed by atoms with Crippen molar-refractivity contribution in [1.29, 1.82) is 0 Å². The Kier molecular flexibility index (Phi) is 27.2. The summed E-state index contributed by atoms with van der Waals surface area (Å²) in [4.78, 5) is 22.7. The first-order chi connectivity index (χ1) is 21.0. The van der Waals surface area contributed by atoms with E-state index in [0.29, 0.717) is 17.4 Å². The van der Waals surface area contributed by atoms with Crippen LogP contribution in [0.3, 0.4) is 0 Å². The van der Waals surface area contributed by atoms with Gasteiger partial charge in [-0.3, -0.25) is 13.8 Å². The molecule has 258 valence electrons. The van der Waals surface area contributed by atoms with Crippen LogP contribution in [0.15, 0.2) is 36.5 Å². The van der Waals surface area contributed by atoms with Crippen LogP contribution in [0, 0.1) is 0 Å². The van der Waals surface area contributed by atoms with Crippen molar-refractivity contribution in [3.05, 3.63) is 36.5 Å². The van der Waals surface area contributed by atoms with Gasteiger partial charge in [0.25, 0.3) is 0 Å². The molecule has 0 aliphatic heterocycles. The van der Waals surface area contributed by atoms with Crippen molar-refractivity contribution in [3.63, 3.8) is 0 Å². The second-order valence-corrected chi connectivity index (χ2v) is 14.3. The highest BCUT2D eigenvalue weighted by Gasteiger charge is 2.27. The van der Waals surface area contributed by atoms with E-state index in [1.807, 2.05) is 27.2 Å². The molecule has 0 heterocycles. The summed E-state index contributed by atoms with van der Waals surface area (Å²) in [5.74, 6) is -0.198. The van der Waals surface area contributed by atoms with Gasteiger partial charge in [-0.15, -0.1) is 0 Å². The molecule has 0 saturated heterocycles. The Morgan fingerprint density at radius 3 is 1.91 bits per heavy atom. The molecular formula is C35H68N2O6P+. The standard InChI is InChI=1S/C35H67N2O6P/c1-6-8-10-12-13-14-15-16-17-18-19-20-21-22-23-24-25-27-29-35(39)36-33(34(38)28-26-11-9-7-2)32-43-44(40,41)42-31-30-37(3,4)5/h14-15,17-18,26,28,33-34,38H,6-13,16,19-25,27,29-32H2,1-5H3,(H-,36,39,40,41)/p+1/b15-14-,18-17-,28-26+. The van der Waals surface area contributed by atoms with Crippen LogP contribution in [0.25, 0.3) is 0 Å². The topological polar surface area (TPSA) is 105 Å². The molecule has 8 nitrogen and oxygen atoms in total. The number of aliphatic hydroxyl groups excluding tert-OH is 1. The zero-order chi connectivity index (χ0) is 32.9. The highest BCUT2D eigenvalue weighted by molar-refractivity contribution is 7.47. The molecule has 0 aromatic rings. The van der Waals surface area contributed by atoms with Crippen LogP contribution < -0.4 is 5.32 Å². The van der Waals surface area contributed by atoms with Crippen LogP contribution in [-0.4, -0.2) is 73.4 Å². The van der Waals surface area contributed by atoms with Crippen molar-refractivity contribution in [2.45, 2.75) is 142 Å². The monoisotopic (exact) mass is 643 g/mol. The second kappa shape index (κ2) is 28.0. The molecule has 0 aliphatic rings. The quantitative estimate of drug-likeness (QED) is 0.0314. The summed E-state index contributed by atoms with van der Waals surface area (Å²) in [5, 5.41) is 13.5. The van der Waals surface area contributed by atoms with Crippen LogP contribution >= 0.6 is 7.82 Å². The fourth-order valence-corrected chi connectivity index (χ4v) is 5.20. The second-order valence-electron chi connectivity index (χ2n) is 12.9. The Bertz CT molecular complexity index is 825. The van der Waals surface area contributed by atoms with Gasteiger partial charge in [-0.1, -0.05) is 115 Å². The molecular weight excluding hydrogens is 575 g/mol. The van der Waals surface area contributed by atoms with Gasteiger partial charge in [-0.05, 0) is 44.9 Å². The van der Waals surface area contributed by atoms with Crippen LogP contribution in [-0.2, 0) is 18.4 Å². The zero-order valence-corrected chi connectivity index (χ0v) is 29.8. The average molecular weight is 644 g/mol. The first-order valence-electron chi connectivity index (χ1n) is 17.4. The van der Waals surface area contributed by atoms with Gasteiger partial charge >= 0.3 is 7.82 Å². The lowest BCUT2D eigenvalue weighted by Gasteiger charge is -2.25. The summed E-state index contributed by atoms with van der Waals surface area (Å²) in [7, 11) is 1.55. The molecule has 0 aromatic heterocycles. The number of aliphatic hydroxyl groups is 1. The summed E-state index contributed by atoms with van der Waals surface area (Å²) in [6.45, 7) is 4.60. The third-order valence-corrected chi connectivity index (χ3v) is 8.34. The van der Waals surface area contributed by atoms with E-state index in [-0.39, 0.29) is 19.1 Å². The number of carbonyl (C=O) groups excluding carboxylic acids is 1. The molecule has 0 bridgehead atoms. The molecule has 0 radical (unpaired) electrons. The molecule has 1 amide bonds. The number of carbonyl (C=O) groups is 1. The molecule has 0 saturated carbocycles. The Morgan fingerprint density at radius 2 is 1.32 bits per heavy atom. The van der Waals surface area contributed by atoms with Crippen molar-refractivity contribution >= 4 is 13.7 Å². The molecule has 0 aromatic carbocycles. The van der Waals surface area contributed by atoms with Gasteiger partial charge in [0.05, 0.1) is 39.9 Å². The summed E-state index contributed by atoms with van der Waals surface area (Å²) in [6, 6.07) is -0.844. The molecule has 0 aliphatic carbocycles. The van der Waals surface area contributed by atoms with E-state index in [1.165, 1.54) is 57.8 Å². The minimum absolute atomic E-state index is 0.0575. The largest absolute Gasteiger partial charge is 0.472 e. The lowest BCUT2D eigenvalue weighted by atomic mass is 10.1. The van der Waals surface area contributed by atoms with Gasteiger partial charge < -0.3 is 19.8 Å². The van der Waals surface area contributed by atoms with Crippen LogP contribution in [0.1, 0.15) is 129 Å². The third-order valence-electron chi connectivity index (χ3n) is 7.35. The predicted octanol–water partition coefficient (Wildman–Crippen LogP) is 8.40. The van der Waals surface area contributed by atoms with E-state index in [0.717, 1.165) is 51.4 Å². The third kappa shape index (κ3) is 29.4. The Morgan fingerprint density at radius 1 is 0.773 bits per heavy atom. The highest BCUT2D eigenvalue weighted by atomic mass is 31.2. The van der Waals surface area contributed by atoms with Gasteiger partial charge in [-0.25, -0.2) is 4.57 Å². The van der Waals surface area contributed by atoms with Crippen molar-refractivity contribution in [3.8, 4) is 0 Å². The van der Waals surface area contributed by atoms with Crippen molar-refractivity contribution in [2.75, 3.05) is 40.9 Å². The van der Waals surface area contributed by atoms with E-state index in [1.54, 1.807) is 6.08 Å². The van der Waals surface area contributed by atoms with Crippen LogP contribution in [0.2, 0.25) is 0 Å².